The number of hydrogen-bond acceptors (Lipinski definition) is 3. The van der Waals surface area contributed by atoms with Crippen LogP contribution in [-0.4, -0.2) is 42.1 Å². The molecule has 0 N–H and O–H groups in total. The lowest BCUT2D eigenvalue weighted by molar-refractivity contribution is 0.0303. The quantitative estimate of drug-likeness (QED) is 0.871. The number of morpholine rings is 1. The van der Waals surface area contributed by atoms with Crippen molar-refractivity contribution in [1.82, 2.24) is 9.88 Å². The minimum Gasteiger partial charge on any atom is -0.378 e. The Hall–Kier alpha value is -2.20. The maximum Gasteiger partial charge on any atom is 0.254 e. The molecule has 0 saturated carbocycles. The molecule has 3 rings (SSSR count). The van der Waals surface area contributed by atoms with E-state index in [0.717, 1.165) is 29.7 Å². The van der Waals surface area contributed by atoms with E-state index in [1.807, 2.05) is 41.4 Å². The summed E-state index contributed by atoms with van der Waals surface area (Å²) in [6.45, 7) is 4.75. The second-order valence-corrected chi connectivity index (χ2v) is 5.78. The topological polar surface area (TPSA) is 42.4 Å². The normalized spacial score (nSPS) is 14.7. The lowest BCUT2D eigenvalue weighted by Gasteiger charge is -2.26. The molecule has 23 heavy (non-hydrogen) atoms. The Morgan fingerprint density at radius 1 is 1.13 bits per heavy atom. The first-order valence-corrected chi connectivity index (χ1v) is 8.20. The molecule has 1 aromatic heterocycles. The van der Waals surface area contributed by atoms with Crippen LogP contribution >= 0.6 is 0 Å². The first-order valence-electron chi connectivity index (χ1n) is 8.20. The van der Waals surface area contributed by atoms with Crippen molar-refractivity contribution in [2.75, 3.05) is 26.3 Å². The van der Waals surface area contributed by atoms with Crippen LogP contribution in [0.5, 0.6) is 0 Å². The van der Waals surface area contributed by atoms with Gasteiger partial charge in [-0.25, -0.2) is 0 Å². The van der Waals surface area contributed by atoms with E-state index >= 15 is 0 Å². The van der Waals surface area contributed by atoms with Crippen LogP contribution in [0.4, 0.5) is 0 Å². The van der Waals surface area contributed by atoms with Crippen LogP contribution in [0.3, 0.4) is 0 Å². The molecule has 0 radical (unpaired) electrons. The number of rotatable bonds is 4. The molecule has 4 nitrogen and oxygen atoms in total. The van der Waals surface area contributed by atoms with Crippen molar-refractivity contribution in [3.05, 3.63) is 53.7 Å². The third-order valence-corrected chi connectivity index (χ3v) is 4.09. The van der Waals surface area contributed by atoms with Crippen molar-refractivity contribution >= 4 is 5.91 Å². The van der Waals surface area contributed by atoms with E-state index in [0.29, 0.717) is 26.3 Å². The first kappa shape index (κ1) is 15.7. The van der Waals surface area contributed by atoms with Crippen molar-refractivity contribution < 1.29 is 9.53 Å². The number of carbonyl (C=O) groups excluding carboxylic acids is 1. The van der Waals surface area contributed by atoms with Crippen LogP contribution in [0, 0.1) is 0 Å². The average molecular weight is 310 g/mol. The monoisotopic (exact) mass is 310 g/mol. The molecule has 2 aromatic rings. The van der Waals surface area contributed by atoms with E-state index in [4.69, 9.17) is 4.74 Å². The number of amides is 1. The van der Waals surface area contributed by atoms with Crippen LogP contribution in [0.15, 0.2) is 42.6 Å². The van der Waals surface area contributed by atoms with E-state index in [1.54, 1.807) is 0 Å². The Balaban J connectivity index is 1.72. The lowest BCUT2D eigenvalue weighted by Crippen LogP contribution is -2.40. The zero-order chi connectivity index (χ0) is 16.1. The van der Waals surface area contributed by atoms with Gasteiger partial charge in [0.25, 0.3) is 5.91 Å². The SMILES string of the molecule is CCCc1ccc(-c2ccc(C(=O)N3CCOCC3)cc2)nc1. The highest BCUT2D eigenvalue weighted by Gasteiger charge is 2.18. The maximum atomic E-state index is 12.4. The molecule has 2 heterocycles. The standard InChI is InChI=1S/C19H22N2O2/c1-2-3-15-4-9-18(20-14-15)16-5-7-17(8-6-16)19(22)21-10-12-23-13-11-21/h4-9,14H,2-3,10-13H2,1H3. The van der Waals surface area contributed by atoms with Gasteiger partial charge in [-0.05, 0) is 30.2 Å². The summed E-state index contributed by atoms with van der Waals surface area (Å²) in [5, 5.41) is 0. The fourth-order valence-electron chi connectivity index (χ4n) is 2.76. The van der Waals surface area contributed by atoms with Gasteiger partial charge in [0.2, 0.25) is 0 Å². The predicted octanol–water partition coefficient (Wildman–Crippen LogP) is 3.17. The fourth-order valence-corrected chi connectivity index (χ4v) is 2.76. The number of ether oxygens (including phenoxy) is 1. The Labute approximate surface area is 137 Å². The average Bonchev–Trinajstić information content (AvgIpc) is 2.63. The summed E-state index contributed by atoms with van der Waals surface area (Å²) in [6, 6.07) is 11.9. The van der Waals surface area contributed by atoms with Gasteiger partial charge in [0.05, 0.1) is 18.9 Å². The molecule has 0 aliphatic carbocycles. The number of pyridine rings is 1. The van der Waals surface area contributed by atoms with Gasteiger partial charge in [0, 0.05) is 30.4 Å². The van der Waals surface area contributed by atoms with Crippen LogP contribution in [0.1, 0.15) is 29.3 Å². The lowest BCUT2D eigenvalue weighted by atomic mass is 10.1. The summed E-state index contributed by atoms with van der Waals surface area (Å²) in [5.74, 6) is 0.0751. The van der Waals surface area contributed by atoms with Gasteiger partial charge < -0.3 is 9.64 Å². The molecule has 0 unspecified atom stereocenters. The van der Waals surface area contributed by atoms with E-state index in [1.165, 1.54) is 5.56 Å². The van der Waals surface area contributed by atoms with E-state index in [9.17, 15) is 4.79 Å². The molecular formula is C19H22N2O2. The van der Waals surface area contributed by atoms with Crippen LogP contribution in [0.25, 0.3) is 11.3 Å². The number of benzene rings is 1. The molecule has 1 aliphatic rings. The smallest absolute Gasteiger partial charge is 0.254 e. The minimum absolute atomic E-state index is 0.0751. The number of nitrogens with zero attached hydrogens (tertiary/aromatic N) is 2. The van der Waals surface area contributed by atoms with Gasteiger partial charge in [0.15, 0.2) is 0 Å². The van der Waals surface area contributed by atoms with Gasteiger partial charge in [-0.1, -0.05) is 31.5 Å². The Bertz CT molecular complexity index is 644. The number of aromatic nitrogens is 1. The van der Waals surface area contributed by atoms with Gasteiger partial charge >= 0.3 is 0 Å². The van der Waals surface area contributed by atoms with Gasteiger partial charge in [-0.15, -0.1) is 0 Å². The zero-order valence-electron chi connectivity index (χ0n) is 13.5. The minimum atomic E-state index is 0.0751. The Morgan fingerprint density at radius 2 is 1.87 bits per heavy atom. The Morgan fingerprint density at radius 3 is 2.48 bits per heavy atom. The highest BCUT2D eigenvalue weighted by molar-refractivity contribution is 5.94. The van der Waals surface area contributed by atoms with Crippen LogP contribution in [0.2, 0.25) is 0 Å². The summed E-state index contributed by atoms with van der Waals surface area (Å²) in [4.78, 5) is 18.8. The third-order valence-electron chi connectivity index (χ3n) is 4.09. The summed E-state index contributed by atoms with van der Waals surface area (Å²) in [6.07, 6.45) is 4.12. The maximum absolute atomic E-state index is 12.4. The predicted molar refractivity (Wildman–Crippen MR) is 90.4 cm³/mol. The van der Waals surface area contributed by atoms with Gasteiger partial charge in [-0.2, -0.15) is 0 Å². The molecule has 0 bridgehead atoms. The molecule has 1 saturated heterocycles. The first-order chi connectivity index (χ1) is 11.3. The van der Waals surface area contributed by atoms with Crippen molar-refractivity contribution in [3.8, 4) is 11.3 Å². The number of hydrogen-bond donors (Lipinski definition) is 0. The van der Waals surface area contributed by atoms with Crippen molar-refractivity contribution in [3.63, 3.8) is 0 Å². The highest BCUT2D eigenvalue weighted by Crippen LogP contribution is 2.19. The summed E-state index contributed by atoms with van der Waals surface area (Å²) >= 11 is 0. The highest BCUT2D eigenvalue weighted by atomic mass is 16.5. The molecule has 1 aliphatic heterocycles. The second kappa shape index (κ2) is 7.38. The molecule has 0 spiro atoms. The van der Waals surface area contributed by atoms with Crippen molar-refractivity contribution in [2.24, 2.45) is 0 Å². The molecule has 1 fully saturated rings. The van der Waals surface area contributed by atoms with E-state index in [-0.39, 0.29) is 5.91 Å². The van der Waals surface area contributed by atoms with Crippen LogP contribution < -0.4 is 0 Å². The summed E-state index contributed by atoms with van der Waals surface area (Å²) in [5.41, 5.74) is 3.95. The molecule has 0 atom stereocenters. The van der Waals surface area contributed by atoms with E-state index < -0.39 is 0 Å². The number of aryl methyl sites for hydroxylation is 1. The van der Waals surface area contributed by atoms with E-state index in [2.05, 4.69) is 18.0 Å². The molecule has 120 valence electrons. The Kier molecular flexibility index (Phi) is 5.03. The van der Waals surface area contributed by atoms with Crippen LogP contribution in [-0.2, 0) is 11.2 Å². The van der Waals surface area contributed by atoms with Crippen molar-refractivity contribution in [1.29, 1.82) is 0 Å². The second-order valence-electron chi connectivity index (χ2n) is 5.78. The molecule has 1 aromatic carbocycles. The van der Waals surface area contributed by atoms with Gasteiger partial charge in [-0.3, -0.25) is 9.78 Å². The summed E-state index contributed by atoms with van der Waals surface area (Å²) < 4.78 is 5.29. The summed E-state index contributed by atoms with van der Waals surface area (Å²) in [7, 11) is 0. The molecular weight excluding hydrogens is 288 g/mol. The largest absolute Gasteiger partial charge is 0.378 e. The number of carbonyl (C=O) groups is 1. The fraction of sp³-hybridized carbons (Fsp3) is 0.368. The van der Waals surface area contributed by atoms with Crippen molar-refractivity contribution in [2.45, 2.75) is 19.8 Å². The third kappa shape index (κ3) is 3.77. The molecule has 1 amide bonds. The molecule has 4 heteroatoms. The van der Waals surface area contributed by atoms with Gasteiger partial charge in [0.1, 0.15) is 0 Å². The zero-order valence-corrected chi connectivity index (χ0v) is 13.5.